The molecule has 0 aliphatic carbocycles. The minimum Gasteiger partial charge on any atom is -0.512 e. The lowest BCUT2D eigenvalue weighted by molar-refractivity contribution is -0.117. The van der Waals surface area contributed by atoms with Crippen LogP contribution in [0.1, 0.15) is 27.7 Å². The molecule has 0 bridgehead atoms. The van der Waals surface area contributed by atoms with Crippen LogP contribution in [0.15, 0.2) is 44.8 Å². The summed E-state index contributed by atoms with van der Waals surface area (Å²) in [6.07, 6.45) is 4.59. The second-order valence-electron chi connectivity index (χ2n) is 7.28. The maximum atomic E-state index is 12.4. The van der Waals surface area contributed by atoms with Crippen LogP contribution < -0.4 is 26.8 Å². The van der Waals surface area contributed by atoms with Crippen molar-refractivity contribution in [3.05, 3.63) is 55.7 Å². The fourth-order valence-electron chi connectivity index (χ4n) is 2.82. The molecule has 10 heteroatoms. The van der Waals surface area contributed by atoms with Crippen molar-refractivity contribution in [2.75, 3.05) is 50.9 Å². The second-order valence-corrected chi connectivity index (χ2v) is 7.28. The summed E-state index contributed by atoms with van der Waals surface area (Å²) in [7, 11) is 3.32. The largest absolute Gasteiger partial charge is 0.512 e. The number of carbonyl (C=O) groups is 2. The lowest BCUT2D eigenvalue weighted by Crippen LogP contribution is -2.43. The zero-order valence-corrected chi connectivity index (χ0v) is 19.5. The summed E-state index contributed by atoms with van der Waals surface area (Å²) in [5.74, 6) is -0.642. The Bertz CT molecular complexity index is 979. The molecule has 0 heterocycles. The number of aliphatic hydroxyl groups is 1. The standard InChI is InChI=1S/C22H33N5O5/c1-7-23-17-18(20(30)19(17)29)25-14(3)10-9-11-16(15(4)28)21(31)24-12-13-27(8-2)22(32)26(5)6/h9-11,23,25,28H,7-8,12-13H2,1-6H3,(H,24,31)/b11-9-,14-10+,16-15-. The summed E-state index contributed by atoms with van der Waals surface area (Å²) in [6, 6.07) is -0.150. The van der Waals surface area contributed by atoms with Gasteiger partial charge in [-0.2, -0.15) is 0 Å². The number of urea groups is 1. The molecule has 10 nitrogen and oxygen atoms in total. The fraction of sp³-hybridized carbons (Fsp3) is 0.455. The maximum absolute atomic E-state index is 12.4. The van der Waals surface area contributed by atoms with Crippen LogP contribution in [0, 0.1) is 0 Å². The molecule has 1 aromatic rings. The van der Waals surface area contributed by atoms with Gasteiger partial charge in [-0.15, -0.1) is 0 Å². The average molecular weight is 448 g/mol. The van der Waals surface area contributed by atoms with E-state index in [-0.39, 0.29) is 35.3 Å². The summed E-state index contributed by atoms with van der Waals surface area (Å²) in [6.45, 7) is 8.35. The Morgan fingerprint density at radius 1 is 1.06 bits per heavy atom. The molecular weight excluding hydrogens is 414 g/mol. The van der Waals surface area contributed by atoms with Gasteiger partial charge in [0.15, 0.2) is 0 Å². The minimum atomic E-state index is -0.585. The first-order valence-electron chi connectivity index (χ1n) is 10.4. The molecule has 0 saturated heterocycles. The number of aliphatic hydroxyl groups excluding tert-OH is 1. The van der Waals surface area contributed by atoms with Crippen molar-refractivity contribution in [3.63, 3.8) is 0 Å². The molecular formula is C22H33N5O5. The summed E-state index contributed by atoms with van der Waals surface area (Å²) in [5, 5.41) is 18.3. The highest BCUT2D eigenvalue weighted by molar-refractivity contribution is 5.96. The Kier molecular flexibility index (Phi) is 10.2. The van der Waals surface area contributed by atoms with Gasteiger partial charge in [-0.1, -0.05) is 6.08 Å². The molecule has 0 radical (unpaired) electrons. The van der Waals surface area contributed by atoms with Crippen LogP contribution in [0.25, 0.3) is 0 Å². The Morgan fingerprint density at radius 3 is 2.22 bits per heavy atom. The van der Waals surface area contributed by atoms with Crippen molar-refractivity contribution in [3.8, 4) is 0 Å². The van der Waals surface area contributed by atoms with Gasteiger partial charge >= 0.3 is 6.03 Å². The third-order valence-electron chi connectivity index (χ3n) is 4.53. The van der Waals surface area contributed by atoms with E-state index in [0.29, 0.717) is 25.3 Å². The van der Waals surface area contributed by atoms with Crippen molar-refractivity contribution in [1.29, 1.82) is 0 Å². The quantitative estimate of drug-likeness (QED) is 0.175. The van der Waals surface area contributed by atoms with Gasteiger partial charge in [0.25, 0.3) is 16.8 Å². The molecule has 0 aliphatic rings. The van der Waals surface area contributed by atoms with Crippen LogP contribution in [-0.2, 0) is 4.79 Å². The number of nitrogens with zero attached hydrogens (tertiary/aromatic N) is 2. The topological polar surface area (TPSA) is 131 Å². The number of nitrogens with one attached hydrogen (secondary N) is 3. The first-order chi connectivity index (χ1) is 15.0. The monoisotopic (exact) mass is 447 g/mol. The Balaban J connectivity index is 2.75. The van der Waals surface area contributed by atoms with Gasteiger partial charge in [-0.25, -0.2) is 4.79 Å². The lowest BCUT2D eigenvalue weighted by atomic mass is 10.1. The highest BCUT2D eigenvalue weighted by atomic mass is 16.3. The number of hydrogen-bond donors (Lipinski definition) is 4. The molecule has 1 rings (SSSR count). The van der Waals surface area contributed by atoms with Gasteiger partial charge in [0.1, 0.15) is 17.1 Å². The van der Waals surface area contributed by atoms with E-state index in [9.17, 15) is 24.3 Å². The lowest BCUT2D eigenvalue weighted by Gasteiger charge is -2.24. The first kappa shape index (κ1) is 26.5. The van der Waals surface area contributed by atoms with Crippen molar-refractivity contribution in [1.82, 2.24) is 15.1 Å². The highest BCUT2D eigenvalue weighted by Gasteiger charge is 2.20. The van der Waals surface area contributed by atoms with Crippen LogP contribution in [-0.4, -0.2) is 67.1 Å². The van der Waals surface area contributed by atoms with E-state index in [0.717, 1.165) is 0 Å². The van der Waals surface area contributed by atoms with Crippen molar-refractivity contribution in [2.45, 2.75) is 27.7 Å². The molecule has 0 aliphatic heterocycles. The minimum absolute atomic E-state index is 0.0680. The van der Waals surface area contributed by atoms with Gasteiger partial charge in [0, 0.05) is 46.0 Å². The van der Waals surface area contributed by atoms with E-state index in [4.69, 9.17) is 0 Å². The number of likely N-dealkylation sites (N-methyl/N-ethyl adjacent to an activating group) is 1. The van der Waals surface area contributed by atoms with E-state index in [2.05, 4.69) is 16.0 Å². The molecule has 0 unspecified atom stereocenters. The van der Waals surface area contributed by atoms with Crippen molar-refractivity contribution in [2.24, 2.45) is 0 Å². The van der Waals surface area contributed by atoms with Crippen LogP contribution in [0.2, 0.25) is 0 Å². The van der Waals surface area contributed by atoms with Crippen LogP contribution in [0.4, 0.5) is 16.2 Å². The normalized spacial score (nSPS) is 12.5. The number of carbonyl (C=O) groups excluding carboxylic acids is 2. The van der Waals surface area contributed by atoms with E-state index < -0.39 is 16.8 Å². The van der Waals surface area contributed by atoms with Crippen LogP contribution in [0.3, 0.4) is 0 Å². The summed E-state index contributed by atoms with van der Waals surface area (Å²) in [4.78, 5) is 50.8. The molecule has 0 fully saturated rings. The number of rotatable bonds is 11. The fourth-order valence-corrected chi connectivity index (χ4v) is 2.82. The van der Waals surface area contributed by atoms with Gasteiger partial charge in [-0.05, 0) is 39.8 Å². The third-order valence-corrected chi connectivity index (χ3v) is 4.53. The second kappa shape index (κ2) is 12.3. The summed E-state index contributed by atoms with van der Waals surface area (Å²) in [5.41, 5.74) is -0.0304. The third kappa shape index (κ3) is 7.00. The predicted octanol–water partition coefficient (Wildman–Crippen LogP) is 1.54. The molecule has 0 saturated carbocycles. The molecule has 176 valence electrons. The predicted molar refractivity (Wildman–Crippen MR) is 127 cm³/mol. The number of amides is 3. The zero-order valence-electron chi connectivity index (χ0n) is 19.5. The van der Waals surface area contributed by atoms with E-state index in [1.807, 2.05) is 13.8 Å². The molecule has 0 spiro atoms. The highest BCUT2D eigenvalue weighted by Crippen LogP contribution is 2.16. The van der Waals surface area contributed by atoms with Gasteiger partial charge in [-0.3, -0.25) is 14.4 Å². The Morgan fingerprint density at radius 2 is 1.69 bits per heavy atom. The van der Waals surface area contributed by atoms with Gasteiger partial charge in [0.05, 0.1) is 5.57 Å². The SMILES string of the molecule is CCNc1c(N/C(C)=C/C=C\C(C(=O)NCCN(CC)C(=O)N(C)C)=C(/C)O)c(=O)c1=O. The maximum Gasteiger partial charge on any atom is 0.319 e. The molecule has 32 heavy (non-hydrogen) atoms. The number of allylic oxidation sites excluding steroid dienone is 4. The average Bonchev–Trinajstić information content (AvgIpc) is 2.75. The molecule has 1 aromatic carbocycles. The number of anilines is 2. The van der Waals surface area contributed by atoms with E-state index >= 15 is 0 Å². The van der Waals surface area contributed by atoms with Crippen molar-refractivity contribution >= 4 is 23.3 Å². The molecule has 3 amide bonds. The summed E-state index contributed by atoms with van der Waals surface area (Å²) < 4.78 is 0. The smallest absolute Gasteiger partial charge is 0.319 e. The molecule has 0 atom stereocenters. The van der Waals surface area contributed by atoms with Gasteiger partial charge < -0.3 is 30.9 Å². The Hall–Kier alpha value is -3.56. The van der Waals surface area contributed by atoms with E-state index in [1.54, 1.807) is 38.1 Å². The molecule has 0 aromatic heterocycles. The van der Waals surface area contributed by atoms with Crippen molar-refractivity contribution < 1.29 is 14.7 Å². The molecule has 4 N–H and O–H groups in total. The van der Waals surface area contributed by atoms with Gasteiger partial charge in [0.2, 0.25) is 0 Å². The van der Waals surface area contributed by atoms with E-state index in [1.165, 1.54) is 17.9 Å². The number of hydrogen-bond acceptors (Lipinski definition) is 7. The Labute approximate surface area is 188 Å². The van der Waals surface area contributed by atoms with Crippen LogP contribution in [0.5, 0.6) is 0 Å². The first-order valence-corrected chi connectivity index (χ1v) is 10.4. The van der Waals surface area contributed by atoms with Crippen LogP contribution >= 0.6 is 0 Å². The zero-order chi connectivity index (χ0) is 24.4. The summed E-state index contributed by atoms with van der Waals surface area (Å²) >= 11 is 0.